The first kappa shape index (κ1) is 22.0. The summed E-state index contributed by atoms with van der Waals surface area (Å²) < 4.78 is 12.1. The molecule has 1 atom stereocenters. The van der Waals surface area contributed by atoms with E-state index in [1.165, 1.54) is 38.8 Å². The van der Waals surface area contributed by atoms with E-state index in [0.29, 0.717) is 0 Å². The lowest BCUT2D eigenvalue weighted by Gasteiger charge is -2.32. The average Bonchev–Trinajstić information content (AvgIpc) is 2.87. The van der Waals surface area contributed by atoms with Crippen LogP contribution in [0.2, 0.25) is 0 Å². The van der Waals surface area contributed by atoms with Crippen molar-refractivity contribution in [2.24, 2.45) is 11.7 Å². The Morgan fingerprint density at radius 2 is 1.89 bits per heavy atom. The van der Waals surface area contributed by atoms with Crippen LogP contribution in [0.25, 0.3) is 0 Å². The summed E-state index contributed by atoms with van der Waals surface area (Å²) in [6.07, 6.45) is 8.81. The lowest BCUT2D eigenvalue weighted by molar-refractivity contribution is 0.00578. The van der Waals surface area contributed by atoms with Gasteiger partial charge in [-0.1, -0.05) is 11.8 Å². The van der Waals surface area contributed by atoms with Crippen LogP contribution in [-0.4, -0.2) is 65.1 Å². The van der Waals surface area contributed by atoms with Crippen LogP contribution in [0, 0.1) is 5.92 Å². The van der Waals surface area contributed by atoms with E-state index in [0.717, 1.165) is 35.4 Å². The highest BCUT2D eigenvalue weighted by molar-refractivity contribution is 7.99. The quantitative estimate of drug-likeness (QED) is 0.307. The van der Waals surface area contributed by atoms with Crippen molar-refractivity contribution in [3.05, 3.63) is 12.4 Å². The van der Waals surface area contributed by atoms with Crippen LogP contribution in [0.4, 0.5) is 0 Å². The summed E-state index contributed by atoms with van der Waals surface area (Å²) in [4.78, 5) is 11.5. The number of nitrogens with zero attached hydrogens (tertiary/aromatic N) is 3. The van der Waals surface area contributed by atoms with E-state index in [-0.39, 0.29) is 11.2 Å². The van der Waals surface area contributed by atoms with Gasteiger partial charge < -0.3 is 19.9 Å². The summed E-state index contributed by atoms with van der Waals surface area (Å²) in [7, 11) is -0.396. The van der Waals surface area contributed by atoms with Gasteiger partial charge in [0.25, 0.3) is 0 Å². The van der Waals surface area contributed by atoms with Crippen molar-refractivity contribution in [1.29, 1.82) is 0 Å². The SMILES string of the molecule is CC1(C)OB(c2cnc(SCCCC3CCCN(CCN)C3)nc2)OC1(C)C. The number of likely N-dealkylation sites (tertiary alicyclic amines) is 1. The van der Waals surface area contributed by atoms with E-state index < -0.39 is 7.12 Å². The molecule has 1 aromatic rings. The largest absolute Gasteiger partial charge is 0.498 e. The molecule has 0 aromatic carbocycles. The molecule has 8 heteroatoms. The summed E-state index contributed by atoms with van der Waals surface area (Å²) >= 11 is 1.73. The smallest absolute Gasteiger partial charge is 0.399 e. The summed E-state index contributed by atoms with van der Waals surface area (Å²) in [6.45, 7) is 12.4. The molecule has 0 spiro atoms. The minimum atomic E-state index is -0.396. The molecule has 2 aliphatic heterocycles. The van der Waals surface area contributed by atoms with Crippen molar-refractivity contribution in [3.63, 3.8) is 0 Å². The fourth-order valence-corrected chi connectivity index (χ4v) is 4.56. The molecule has 0 aliphatic carbocycles. The van der Waals surface area contributed by atoms with Crippen molar-refractivity contribution >= 4 is 24.3 Å². The van der Waals surface area contributed by atoms with Gasteiger partial charge in [0, 0.05) is 43.2 Å². The van der Waals surface area contributed by atoms with Gasteiger partial charge in [-0.05, 0) is 65.8 Å². The summed E-state index contributed by atoms with van der Waals surface area (Å²) in [5.41, 5.74) is 5.89. The lowest BCUT2D eigenvalue weighted by atomic mass is 9.81. The number of hydrogen-bond acceptors (Lipinski definition) is 7. The second-order valence-electron chi connectivity index (χ2n) is 8.98. The van der Waals surface area contributed by atoms with Crippen molar-refractivity contribution in [2.45, 2.75) is 69.7 Å². The maximum Gasteiger partial charge on any atom is 0.498 e. The van der Waals surface area contributed by atoms with Crippen LogP contribution >= 0.6 is 11.8 Å². The Morgan fingerprint density at radius 1 is 1.21 bits per heavy atom. The molecule has 3 rings (SSSR count). The third kappa shape index (κ3) is 5.48. The highest BCUT2D eigenvalue weighted by Gasteiger charge is 2.51. The molecule has 2 fully saturated rings. The Bertz CT molecular complexity index is 611. The van der Waals surface area contributed by atoms with Crippen LogP contribution in [0.5, 0.6) is 0 Å². The van der Waals surface area contributed by atoms with Gasteiger partial charge in [0.2, 0.25) is 0 Å². The molecule has 2 saturated heterocycles. The fourth-order valence-electron chi connectivity index (χ4n) is 3.81. The van der Waals surface area contributed by atoms with Gasteiger partial charge in [-0.3, -0.25) is 0 Å². The zero-order chi connectivity index (χ0) is 20.2. The Morgan fingerprint density at radius 3 is 2.54 bits per heavy atom. The zero-order valence-corrected chi connectivity index (χ0v) is 18.6. The molecule has 156 valence electrons. The van der Waals surface area contributed by atoms with E-state index in [2.05, 4.69) is 42.6 Å². The molecule has 1 aromatic heterocycles. The third-order valence-electron chi connectivity index (χ3n) is 6.21. The number of hydrogen-bond donors (Lipinski definition) is 1. The zero-order valence-electron chi connectivity index (χ0n) is 17.8. The molecular formula is C20H35BN4O2S. The topological polar surface area (TPSA) is 73.5 Å². The molecule has 3 heterocycles. The Hall–Kier alpha value is -0.665. The van der Waals surface area contributed by atoms with Gasteiger partial charge >= 0.3 is 7.12 Å². The van der Waals surface area contributed by atoms with Gasteiger partial charge in [0.15, 0.2) is 5.16 Å². The molecule has 2 aliphatic rings. The van der Waals surface area contributed by atoms with Crippen molar-refractivity contribution in [2.75, 3.05) is 31.9 Å². The minimum Gasteiger partial charge on any atom is -0.399 e. The molecule has 2 N–H and O–H groups in total. The van der Waals surface area contributed by atoms with Crippen molar-refractivity contribution in [3.8, 4) is 0 Å². The fraction of sp³-hybridized carbons (Fsp3) is 0.800. The first-order valence-corrected chi connectivity index (χ1v) is 11.5. The van der Waals surface area contributed by atoms with Gasteiger partial charge in [-0.15, -0.1) is 0 Å². The molecule has 0 radical (unpaired) electrons. The van der Waals surface area contributed by atoms with Gasteiger partial charge in [-0.2, -0.15) is 0 Å². The minimum absolute atomic E-state index is 0.343. The van der Waals surface area contributed by atoms with E-state index >= 15 is 0 Å². The summed E-state index contributed by atoms with van der Waals surface area (Å²) in [5.74, 6) is 1.87. The molecule has 0 saturated carbocycles. The normalized spacial score (nSPS) is 24.6. The van der Waals surface area contributed by atoms with E-state index in [4.69, 9.17) is 15.0 Å². The van der Waals surface area contributed by atoms with Crippen molar-refractivity contribution < 1.29 is 9.31 Å². The van der Waals surface area contributed by atoms with E-state index in [1.807, 2.05) is 12.4 Å². The second kappa shape index (κ2) is 9.43. The standard InChI is InChI=1S/C20H35BN4O2S/c1-19(2)20(3,4)27-21(26-19)17-13-23-18(24-14-17)28-12-6-8-16-7-5-10-25(15-16)11-9-22/h13-14,16H,5-12,15,22H2,1-4H3. The van der Waals surface area contributed by atoms with Crippen LogP contribution < -0.4 is 11.2 Å². The van der Waals surface area contributed by atoms with E-state index in [9.17, 15) is 0 Å². The molecular weight excluding hydrogens is 371 g/mol. The highest BCUT2D eigenvalue weighted by Crippen LogP contribution is 2.36. The molecule has 0 bridgehead atoms. The third-order valence-corrected chi connectivity index (χ3v) is 7.17. The first-order chi connectivity index (χ1) is 13.3. The molecule has 6 nitrogen and oxygen atoms in total. The maximum atomic E-state index is 6.06. The van der Waals surface area contributed by atoms with Crippen LogP contribution in [0.3, 0.4) is 0 Å². The number of thioether (sulfide) groups is 1. The Labute approximate surface area is 174 Å². The molecule has 0 amide bonds. The first-order valence-electron chi connectivity index (χ1n) is 10.5. The second-order valence-corrected chi connectivity index (χ2v) is 10.0. The number of piperidine rings is 1. The number of nitrogens with two attached hydrogens (primary N) is 1. The van der Waals surface area contributed by atoms with Gasteiger partial charge in [-0.25, -0.2) is 9.97 Å². The summed E-state index contributed by atoms with van der Waals surface area (Å²) in [6, 6.07) is 0. The number of rotatable bonds is 8. The van der Waals surface area contributed by atoms with E-state index in [1.54, 1.807) is 11.8 Å². The Balaban J connectivity index is 1.41. The predicted molar refractivity (Wildman–Crippen MR) is 116 cm³/mol. The lowest BCUT2D eigenvalue weighted by Crippen LogP contribution is -2.41. The van der Waals surface area contributed by atoms with Crippen molar-refractivity contribution in [1.82, 2.24) is 14.9 Å². The monoisotopic (exact) mass is 406 g/mol. The average molecular weight is 406 g/mol. The Kier molecular flexibility index (Phi) is 7.42. The molecule has 1 unspecified atom stereocenters. The van der Waals surface area contributed by atoms with Gasteiger partial charge in [0.05, 0.1) is 11.2 Å². The van der Waals surface area contributed by atoms with Crippen LogP contribution in [0.15, 0.2) is 17.6 Å². The van der Waals surface area contributed by atoms with Crippen LogP contribution in [-0.2, 0) is 9.31 Å². The van der Waals surface area contributed by atoms with Gasteiger partial charge in [0.1, 0.15) is 0 Å². The summed E-state index contributed by atoms with van der Waals surface area (Å²) in [5, 5.41) is 0.827. The molecule has 28 heavy (non-hydrogen) atoms. The predicted octanol–water partition coefficient (Wildman–Crippen LogP) is 2.32. The van der Waals surface area contributed by atoms with Crippen LogP contribution in [0.1, 0.15) is 53.4 Å². The maximum absolute atomic E-state index is 6.06. The highest BCUT2D eigenvalue weighted by atomic mass is 32.2. The number of aromatic nitrogens is 2.